The fourth-order valence-electron chi connectivity index (χ4n) is 2.28. The van der Waals surface area contributed by atoms with Crippen LogP contribution in [0.15, 0.2) is 36.4 Å². The summed E-state index contributed by atoms with van der Waals surface area (Å²) >= 11 is 0. The molecular formula is C15H13N3O3. The van der Waals surface area contributed by atoms with Crippen molar-refractivity contribution in [3.8, 4) is 17.1 Å². The second-order valence-electron chi connectivity index (χ2n) is 4.72. The molecule has 1 heterocycles. The molecule has 21 heavy (non-hydrogen) atoms. The number of aromatic nitrogens is 2. The lowest BCUT2D eigenvalue weighted by atomic mass is 10.1. The predicted octanol–water partition coefficient (Wildman–Crippen LogP) is 3.41. The lowest BCUT2D eigenvalue weighted by molar-refractivity contribution is -0.385. The molecule has 0 aliphatic carbocycles. The molecule has 3 rings (SSSR count). The van der Waals surface area contributed by atoms with Gasteiger partial charge in [0.2, 0.25) is 5.75 Å². The van der Waals surface area contributed by atoms with E-state index in [1.54, 1.807) is 6.07 Å². The Kier molecular flexibility index (Phi) is 3.06. The highest BCUT2D eigenvalue weighted by molar-refractivity contribution is 5.82. The Labute approximate surface area is 120 Å². The molecule has 0 bridgehead atoms. The number of phenolic OH excluding ortho intramolecular Hbond substituents is 1. The number of aromatic amines is 1. The number of para-hydroxylation sites is 2. The van der Waals surface area contributed by atoms with E-state index in [1.807, 2.05) is 31.2 Å². The van der Waals surface area contributed by atoms with Crippen LogP contribution >= 0.6 is 0 Å². The topological polar surface area (TPSA) is 92.0 Å². The number of hydrogen-bond donors (Lipinski definition) is 2. The fourth-order valence-corrected chi connectivity index (χ4v) is 2.28. The predicted molar refractivity (Wildman–Crippen MR) is 79.2 cm³/mol. The molecule has 6 heteroatoms. The number of hydrogen-bond acceptors (Lipinski definition) is 4. The number of phenols is 1. The van der Waals surface area contributed by atoms with Crippen molar-refractivity contribution in [2.24, 2.45) is 0 Å². The van der Waals surface area contributed by atoms with E-state index in [4.69, 9.17) is 0 Å². The Morgan fingerprint density at radius 1 is 1.33 bits per heavy atom. The van der Waals surface area contributed by atoms with E-state index in [0.717, 1.165) is 16.6 Å². The molecule has 1 aromatic heterocycles. The van der Waals surface area contributed by atoms with Gasteiger partial charge in [0.1, 0.15) is 5.82 Å². The normalized spacial score (nSPS) is 10.9. The van der Waals surface area contributed by atoms with Crippen molar-refractivity contribution in [1.29, 1.82) is 0 Å². The van der Waals surface area contributed by atoms with Crippen molar-refractivity contribution >= 4 is 16.7 Å². The fraction of sp³-hybridized carbons (Fsp3) is 0.133. The number of benzene rings is 2. The first kappa shape index (κ1) is 13.1. The van der Waals surface area contributed by atoms with Gasteiger partial charge in [-0.05, 0) is 30.2 Å². The molecule has 0 radical (unpaired) electrons. The Morgan fingerprint density at radius 2 is 2.10 bits per heavy atom. The summed E-state index contributed by atoms with van der Waals surface area (Å²) in [5.74, 6) is 0.0587. The Balaban J connectivity index is 2.25. The van der Waals surface area contributed by atoms with Gasteiger partial charge in [0.15, 0.2) is 0 Å². The van der Waals surface area contributed by atoms with Crippen molar-refractivity contribution in [3.63, 3.8) is 0 Å². The minimum atomic E-state index is -0.583. The number of rotatable bonds is 3. The molecule has 0 aliphatic rings. The van der Waals surface area contributed by atoms with Gasteiger partial charge < -0.3 is 10.1 Å². The van der Waals surface area contributed by atoms with Gasteiger partial charge in [-0.25, -0.2) is 4.98 Å². The molecule has 0 saturated carbocycles. The highest BCUT2D eigenvalue weighted by Crippen LogP contribution is 2.37. The van der Waals surface area contributed by atoms with Crippen LogP contribution in [0.2, 0.25) is 0 Å². The van der Waals surface area contributed by atoms with Gasteiger partial charge in [-0.15, -0.1) is 0 Å². The highest BCUT2D eigenvalue weighted by Gasteiger charge is 2.21. The van der Waals surface area contributed by atoms with E-state index in [2.05, 4.69) is 9.97 Å². The summed E-state index contributed by atoms with van der Waals surface area (Å²) in [6, 6.07) is 10.5. The number of nitrogens with zero attached hydrogens (tertiary/aromatic N) is 2. The van der Waals surface area contributed by atoms with Crippen LogP contribution in [0, 0.1) is 10.1 Å². The zero-order chi connectivity index (χ0) is 15.0. The highest BCUT2D eigenvalue weighted by atomic mass is 16.6. The van der Waals surface area contributed by atoms with Gasteiger partial charge in [-0.3, -0.25) is 10.1 Å². The van der Waals surface area contributed by atoms with Crippen molar-refractivity contribution in [2.45, 2.75) is 13.3 Å². The Bertz CT molecular complexity index is 806. The molecule has 0 saturated heterocycles. The minimum Gasteiger partial charge on any atom is -0.502 e. The van der Waals surface area contributed by atoms with E-state index in [0.29, 0.717) is 17.8 Å². The summed E-state index contributed by atoms with van der Waals surface area (Å²) in [7, 11) is 0. The van der Waals surface area contributed by atoms with Crippen LogP contribution in [0.25, 0.3) is 22.4 Å². The smallest absolute Gasteiger partial charge is 0.311 e. The second-order valence-corrected chi connectivity index (χ2v) is 4.72. The largest absolute Gasteiger partial charge is 0.502 e. The molecule has 0 fully saturated rings. The zero-order valence-corrected chi connectivity index (χ0v) is 11.3. The molecule has 0 aliphatic heterocycles. The minimum absolute atomic E-state index is 0.301. The molecule has 6 nitrogen and oxygen atoms in total. The number of imidazole rings is 1. The third-order valence-electron chi connectivity index (χ3n) is 3.40. The van der Waals surface area contributed by atoms with Crippen LogP contribution in [0.1, 0.15) is 12.5 Å². The van der Waals surface area contributed by atoms with Crippen LogP contribution in [-0.2, 0) is 6.42 Å². The van der Waals surface area contributed by atoms with Crippen molar-refractivity contribution in [2.75, 3.05) is 0 Å². The van der Waals surface area contributed by atoms with Crippen LogP contribution in [-0.4, -0.2) is 20.0 Å². The molecular weight excluding hydrogens is 270 g/mol. The van der Waals surface area contributed by atoms with E-state index in [-0.39, 0.29) is 11.4 Å². The average molecular weight is 283 g/mol. The monoisotopic (exact) mass is 283 g/mol. The molecule has 2 aromatic carbocycles. The lowest BCUT2D eigenvalue weighted by Gasteiger charge is -2.05. The number of fused-ring (bicyclic) bond motifs is 1. The van der Waals surface area contributed by atoms with Gasteiger partial charge in [0.05, 0.1) is 21.5 Å². The molecule has 3 aromatic rings. The SMILES string of the molecule is CCc1cc(-c2nc3ccccc3[nH]2)c(O)c([N+](=O)[O-])c1. The van der Waals surface area contributed by atoms with E-state index in [1.165, 1.54) is 6.07 Å². The number of aromatic hydroxyl groups is 1. The molecule has 0 atom stereocenters. The number of nitro groups is 1. The first-order chi connectivity index (χ1) is 10.1. The Hall–Kier alpha value is -2.89. The van der Waals surface area contributed by atoms with Crippen LogP contribution < -0.4 is 0 Å². The second kappa shape index (κ2) is 4.90. The summed E-state index contributed by atoms with van der Waals surface area (Å²) in [5.41, 5.74) is 2.38. The standard InChI is InChI=1S/C15H13N3O3/c1-2-9-7-10(14(19)13(8-9)18(20)21)15-16-11-5-3-4-6-12(11)17-15/h3-8,19H,2H2,1H3,(H,16,17). The zero-order valence-electron chi connectivity index (χ0n) is 11.3. The third kappa shape index (κ3) is 2.20. The molecule has 0 unspecified atom stereocenters. The van der Waals surface area contributed by atoms with E-state index in [9.17, 15) is 15.2 Å². The number of H-pyrrole nitrogens is 1. The summed E-state index contributed by atoms with van der Waals surface area (Å²) in [4.78, 5) is 17.9. The van der Waals surface area contributed by atoms with Crippen molar-refractivity contribution in [1.82, 2.24) is 9.97 Å². The number of nitro benzene ring substituents is 1. The lowest BCUT2D eigenvalue weighted by Crippen LogP contribution is -1.94. The maximum absolute atomic E-state index is 11.1. The molecule has 106 valence electrons. The van der Waals surface area contributed by atoms with Gasteiger partial charge in [-0.2, -0.15) is 0 Å². The summed E-state index contributed by atoms with van der Waals surface area (Å²) in [6.45, 7) is 1.90. The van der Waals surface area contributed by atoms with Crippen molar-refractivity contribution in [3.05, 3.63) is 52.1 Å². The van der Waals surface area contributed by atoms with E-state index >= 15 is 0 Å². The number of aryl methyl sites for hydroxylation is 1. The maximum Gasteiger partial charge on any atom is 0.311 e. The summed E-state index contributed by atoms with van der Waals surface area (Å²) < 4.78 is 0. The molecule has 2 N–H and O–H groups in total. The quantitative estimate of drug-likeness (QED) is 0.569. The number of nitrogens with one attached hydrogen (secondary N) is 1. The first-order valence-corrected chi connectivity index (χ1v) is 6.55. The summed E-state index contributed by atoms with van der Waals surface area (Å²) in [5, 5.41) is 21.2. The maximum atomic E-state index is 11.1. The third-order valence-corrected chi connectivity index (χ3v) is 3.40. The van der Waals surface area contributed by atoms with Gasteiger partial charge >= 0.3 is 5.69 Å². The van der Waals surface area contributed by atoms with Crippen molar-refractivity contribution < 1.29 is 10.0 Å². The van der Waals surface area contributed by atoms with Crippen LogP contribution in [0.3, 0.4) is 0 Å². The molecule has 0 amide bonds. The van der Waals surface area contributed by atoms with Gasteiger partial charge in [-0.1, -0.05) is 19.1 Å². The van der Waals surface area contributed by atoms with Gasteiger partial charge in [0.25, 0.3) is 0 Å². The summed E-state index contributed by atoms with van der Waals surface area (Å²) in [6.07, 6.45) is 0.633. The average Bonchev–Trinajstić information content (AvgIpc) is 2.90. The van der Waals surface area contributed by atoms with Gasteiger partial charge in [0, 0.05) is 6.07 Å². The Morgan fingerprint density at radius 3 is 2.76 bits per heavy atom. The first-order valence-electron chi connectivity index (χ1n) is 6.55. The molecule has 0 spiro atoms. The van der Waals surface area contributed by atoms with Crippen LogP contribution in [0.4, 0.5) is 5.69 Å². The van der Waals surface area contributed by atoms with E-state index < -0.39 is 4.92 Å². The van der Waals surface area contributed by atoms with Crippen LogP contribution in [0.5, 0.6) is 5.75 Å².